The SMILES string of the molecule is N#Cc1cccc(C(=O)N2CCn3nc(-c4ccc(F)cn4)cc3C2)c1. The zero-order valence-corrected chi connectivity index (χ0v) is 13.8. The van der Waals surface area contributed by atoms with E-state index in [-0.39, 0.29) is 5.91 Å². The van der Waals surface area contributed by atoms with Crippen molar-refractivity contribution in [2.45, 2.75) is 13.1 Å². The van der Waals surface area contributed by atoms with Gasteiger partial charge >= 0.3 is 0 Å². The third kappa shape index (κ3) is 2.93. The van der Waals surface area contributed by atoms with Crippen LogP contribution < -0.4 is 0 Å². The van der Waals surface area contributed by atoms with Crippen molar-refractivity contribution in [2.24, 2.45) is 0 Å². The quantitative estimate of drug-likeness (QED) is 0.714. The maximum absolute atomic E-state index is 13.0. The molecule has 0 unspecified atom stereocenters. The lowest BCUT2D eigenvalue weighted by Gasteiger charge is -2.27. The van der Waals surface area contributed by atoms with Crippen molar-refractivity contribution in [3.05, 3.63) is 71.3 Å². The molecule has 3 heterocycles. The van der Waals surface area contributed by atoms with Gasteiger partial charge in [-0.15, -0.1) is 0 Å². The lowest BCUT2D eigenvalue weighted by atomic mass is 10.1. The van der Waals surface area contributed by atoms with Crippen LogP contribution in [0.3, 0.4) is 0 Å². The summed E-state index contributed by atoms with van der Waals surface area (Å²) in [6.45, 7) is 1.52. The molecule has 0 atom stereocenters. The average molecular weight is 347 g/mol. The molecule has 1 aromatic carbocycles. The molecular formula is C19H14FN5O. The smallest absolute Gasteiger partial charge is 0.254 e. The molecule has 0 bridgehead atoms. The second-order valence-electron chi connectivity index (χ2n) is 6.03. The number of nitriles is 1. The monoisotopic (exact) mass is 347 g/mol. The maximum Gasteiger partial charge on any atom is 0.254 e. The van der Waals surface area contributed by atoms with Gasteiger partial charge in [-0.1, -0.05) is 6.07 Å². The highest BCUT2D eigenvalue weighted by atomic mass is 19.1. The van der Waals surface area contributed by atoms with E-state index in [1.165, 1.54) is 6.07 Å². The van der Waals surface area contributed by atoms with Gasteiger partial charge in [0.1, 0.15) is 11.5 Å². The van der Waals surface area contributed by atoms with Gasteiger partial charge in [0.25, 0.3) is 5.91 Å². The van der Waals surface area contributed by atoms with Crippen LogP contribution in [0.2, 0.25) is 0 Å². The molecule has 128 valence electrons. The van der Waals surface area contributed by atoms with Crippen molar-refractivity contribution in [3.63, 3.8) is 0 Å². The third-order valence-electron chi connectivity index (χ3n) is 4.31. The highest BCUT2D eigenvalue weighted by Gasteiger charge is 2.24. The molecule has 0 N–H and O–H groups in total. The van der Waals surface area contributed by atoms with E-state index in [4.69, 9.17) is 5.26 Å². The number of amides is 1. The van der Waals surface area contributed by atoms with E-state index in [1.54, 1.807) is 35.2 Å². The minimum Gasteiger partial charge on any atom is -0.331 e. The van der Waals surface area contributed by atoms with Gasteiger partial charge in [0.2, 0.25) is 0 Å². The van der Waals surface area contributed by atoms with Gasteiger partial charge in [-0.2, -0.15) is 10.4 Å². The van der Waals surface area contributed by atoms with Crippen LogP contribution in [-0.2, 0) is 13.1 Å². The molecule has 1 amide bonds. The van der Waals surface area contributed by atoms with E-state index in [0.29, 0.717) is 42.1 Å². The van der Waals surface area contributed by atoms with Gasteiger partial charge in [-0.3, -0.25) is 14.5 Å². The molecule has 6 nitrogen and oxygen atoms in total. The topological polar surface area (TPSA) is 74.8 Å². The molecule has 1 aliphatic rings. The largest absolute Gasteiger partial charge is 0.331 e. The van der Waals surface area contributed by atoms with Crippen molar-refractivity contribution in [2.75, 3.05) is 6.54 Å². The molecule has 2 aromatic heterocycles. The second kappa shape index (κ2) is 6.41. The van der Waals surface area contributed by atoms with Gasteiger partial charge in [0.05, 0.1) is 42.3 Å². The van der Waals surface area contributed by atoms with E-state index < -0.39 is 5.82 Å². The van der Waals surface area contributed by atoms with Crippen LogP contribution in [0, 0.1) is 17.1 Å². The van der Waals surface area contributed by atoms with Gasteiger partial charge < -0.3 is 4.90 Å². The van der Waals surface area contributed by atoms with Crippen molar-refractivity contribution in [1.82, 2.24) is 19.7 Å². The molecule has 26 heavy (non-hydrogen) atoms. The fourth-order valence-corrected chi connectivity index (χ4v) is 3.00. The average Bonchev–Trinajstić information content (AvgIpc) is 3.11. The Labute approximate surface area is 149 Å². The van der Waals surface area contributed by atoms with Gasteiger partial charge in [-0.25, -0.2) is 4.39 Å². The van der Waals surface area contributed by atoms with Crippen LogP contribution in [0.4, 0.5) is 4.39 Å². The predicted octanol–water partition coefficient (Wildman–Crippen LogP) is 2.61. The minimum absolute atomic E-state index is 0.115. The Morgan fingerprint density at radius 3 is 2.81 bits per heavy atom. The number of carbonyl (C=O) groups excluding carboxylic acids is 1. The van der Waals surface area contributed by atoms with Crippen LogP contribution in [0.15, 0.2) is 48.7 Å². The molecule has 0 radical (unpaired) electrons. The van der Waals surface area contributed by atoms with Crippen molar-refractivity contribution < 1.29 is 9.18 Å². The summed E-state index contributed by atoms with van der Waals surface area (Å²) in [6.07, 6.45) is 1.16. The maximum atomic E-state index is 13.0. The Bertz CT molecular complexity index is 1020. The molecule has 3 aromatic rings. The summed E-state index contributed by atoms with van der Waals surface area (Å²) < 4.78 is 14.9. The van der Waals surface area contributed by atoms with E-state index in [1.807, 2.05) is 16.8 Å². The number of hydrogen-bond donors (Lipinski definition) is 0. The number of aromatic nitrogens is 3. The molecule has 4 rings (SSSR count). The van der Waals surface area contributed by atoms with Gasteiger partial charge in [-0.05, 0) is 36.4 Å². The molecule has 1 aliphatic heterocycles. The number of benzene rings is 1. The Morgan fingerprint density at radius 2 is 2.04 bits per heavy atom. The molecule has 0 saturated heterocycles. The summed E-state index contributed by atoms with van der Waals surface area (Å²) in [7, 11) is 0. The number of halogens is 1. The second-order valence-corrected chi connectivity index (χ2v) is 6.03. The van der Waals surface area contributed by atoms with Crippen LogP contribution in [-0.4, -0.2) is 32.1 Å². The first kappa shape index (κ1) is 16.0. The first-order chi connectivity index (χ1) is 12.6. The van der Waals surface area contributed by atoms with Crippen molar-refractivity contribution in [1.29, 1.82) is 5.26 Å². The number of pyridine rings is 1. The lowest BCUT2D eigenvalue weighted by molar-refractivity contribution is 0.0706. The van der Waals surface area contributed by atoms with E-state index in [0.717, 1.165) is 11.9 Å². The summed E-state index contributed by atoms with van der Waals surface area (Å²) in [5.74, 6) is -0.509. The third-order valence-corrected chi connectivity index (χ3v) is 4.31. The molecule has 7 heteroatoms. The van der Waals surface area contributed by atoms with E-state index in [2.05, 4.69) is 10.1 Å². The minimum atomic E-state index is -0.394. The molecule has 0 saturated carbocycles. The molecular weight excluding hydrogens is 333 g/mol. The van der Waals surface area contributed by atoms with Crippen LogP contribution >= 0.6 is 0 Å². The highest BCUT2D eigenvalue weighted by Crippen LogP contribution is 2.22. The summed E-state index contributed by atoms with van der Waals surface area (Å²) in [4.78, 5) is 18.5. The van der Waals surface area contributed by atoms with Crippen molar-refractivity contribution >= 4 is 5.91 Å². The number of fused-ring (bicyclic) bond motifs is 1. The van der Waals surface area contributed by atoms with E-state index >= 15 is 0 Å². The standard InChI is InChI=1S/C19H14FN5O/c20-15-4-5-17(22-11-15)18-9-16-12-24(6-7-25(16)23-18)19(26)14-3-1-2-13(8-14)10-21/h1-5,8-9,11H,6-7,12H2. The first-order valence-electron chi connectivity index (χ1n) is 8.12. The summed E-state index contributed by atoms with van der Waals surface area (Å²) in [6, 6.07) is 13.5. The first-order valence-corrected chi connectivity index (χ1v) is 8.12. The van der Waals surface area contributed by atoms with Crippen LogP contribution in [0.25, 0.3) is 11.4 Å². The van der Waals surface area contributed by atoms with E-state index in [9.17, 15) is 9.18 Å². The fraction of sp³-hybridized carbons (Fsp3) is 0.158. The van der Waals surface area contributed by atoms with Crippen LogP contribution in [0.5, 0.6) is 0 Å². The highest BCUT2D eigenvalue weighted by molar-refractivity contribution is 5.94. The zero-order valence-electron chi connectivity index (χ0n) is 13.8. The number of nitrogens with zero attached hydrogens (tertiary/aromatic N) is 5. The lowest BCUT2D eigenvalue weighted by Crippen LogP contribution is -2.38. The molecule has 0 spiro atoms. The Morgan fingerprint density at radius 1 is 1.15 bits per heavy atom. The Kier molecular flexibility index (Phi) is 3.93. The number of hydrogen-bond acceptors (Lipinski definition) is 4. The normalized spacial score (nSPS) is 13.2. The summed E-state index contributed by atoms with van der Waals surface area (Å²) >= 11 is 0. The Hall–Kier alpha value is -3.53. The fourth-order valence-electron chi connectivity index (χ4n) is 3.00. The van der Waals surface area contributed by atoms with Crippen molar-refractivity contribution in [3.8, 4) is 17.5 Å². The summed E-state index contributed by atoms with van der Waals surface area (Å²) in [5.41, 5.74) is 3.09. The Balaban J connectivity index is 1.57. The predicted molar refractivity (Wildman–Crippen MR) is 91.3 cm³/mol. The van der Waals surface area contributed by atoms with Gasteiger partial charge in [0.15, 0.2) is 0 Å². The summed E-state index contributed by atoms with van der Waals surface area (Å²) in [5, 5.41) is 13.5. The number of rotatable bonds is 2. The van der Waals surface area contributed by atoms with Crippen LogP contribution in [0.1, 0.15) is 21.6 Å². The number of carbonyl (C=O) groups is 1. The molecule has 0 fully saturated rings. The molecule has 0 aliphatic carbocycles. The van der Waals surface area contributed by atoms with Gasteiger partial charge in [0, 0.05) is 12.1 Å². The zero-order chi connectivity index (χ0) is 18.1.